The standard InChI is InChI=1S/C23H28N2O6/c1-28-19-13-17(14-20(29-2)23(19)30-3)15-22(27)31-16-21(26)25-11-9-24(10-12-25)18-7-5-4-6-8-18/h4-8,13-14H,9-12,15-16H2,1-3H3. The third kappa shape index (κ3) is 5.59. The van der Waals surface area contributed by atoms with Gasteiger partial charge in [0.05, 0.1) is 27.8 Å². The molecule has 0 aliphatic carbocycles. The topological polar surface area (TPSA) is 77.5 Å². The summed E-state index contributed by atoms with van der Waals surface area (Å²) in [6.07, 6.45) is -0.00816. The van der Waals surface area contributed by atoms with Crippen LogP contribution in [0.5, 0.6) is 17.2 Å². The van der Waals surface area contributed by atoms with Crippen LogP contribution in [0, 0.1) is 0 Å². The van der Waals surface area contributed by atoms with Gasteiger partial charge in [0.2, 0.25) is 5.75 Å². The van der Waals surface area contributed by atoms with Crippen molar-refractivity contribution in [3.05, 3.63) is 48.0 Å². The highest BCUT2D eigenvalue weighted by Gasteiger charge is 2.22. The monoisotopic (exact) mass is 428 g/mol. The number of esters is 1. The second-order valence-corrected chi connectivity index (χ2v) is 7.07. The van der Waals surface area contributed by atoms with E-state index in [9.17, 15) is 9.59 Å². The van der Waals surface area contributed by atoms with Crippen molar-refractivity contribution in [3.63, 3.8) is 0 Å². The van der Waals surface area contributed by atoms with Gasteiger partial charge in [0, 0.05) is 31.9 Å². The lowest BCUT2D eigenvalue weighted by molar-refractivity contribution is -0.151. The molecular formula is C23H28N2O6. The first kappa shape index (κ1) is 22.3. The normalized spacial score (nSPS) is 13.5. The van der Waals surface area contributed by atoms with E-state index in [0.29, 0.717) is 35.9 Å². The zero-order valence-electron chi connectivity index (χ0n) is 18.1. The first-order chi connectivity index (χ1) is 15.0. The Morgan fingerprint density at radius 3 is 2.03 bits per heavy atom. The van der Waals surface area contributed by atoms with E-state index in [0.717, 1.165) is 18.8 Å². The Bertz CT molecular complexity index is 869. The van der Waals surface area contributed by atoms with E-state index in [2.05, 4.69) is 17.0 Å². The lowest BCUT2D eigenvalue weighted by atomic mass is 10.1. The van der Waals surface area contributed by atoms with Crippen LogP contribution in [-0.2, 0) is 20.7 Å². The van der Waals surface area contributed by atoms with Crippen LogP contribution >= 0.6 is 0 Å². The molecule has 1 amide bonds. The van der Waals surface area contributed by atoms with Crippen LogP contribution in [0.1, 0.15) is 5.56 Å². The maximum atomic E-state index is 12.5. The fourth-order valence-corrected chi connectivity index (χ4v) is 3.54. The molecule has 0 atom stereocenters. The second kappa shape index (κ2) is 10.6. The Kier molecular flexibility index (Phi) is 7.59. The Morgan fingerprint density at radius 2 is 1.48 bits per heavy atom. The molecule has 166 valence electrons. The average molecular weight is 428 g/mol. The lowest BCUT2D eigenvalue weighted by Gasteiger charge is -2.36. The van der Waals surface area contributed by atoms with Gasteiger partial charge in [-0.2, -0.15) is 0 Å². The van der Waals surface area contributed by atoms with E-state index < -0.39 is 5.97 Å². The van der Waals surface area contributed by atoms with E-state index in [4.69, 9.17) is 18.9 Å². The summed E-state index contributed by atoms with van der Waals surface area (Å²) >= 11 is 0. The molecule has 8 heteroatoms. The van der Waals surface area contributed by atoms with Crippen LogP contribution < -0.4 is 19.1 Å². The molecule has 1 saturated heterocycles. The number of hydrogen-bond acceptors (Lipinski definition) is 7. The molecule has 0 spiro atoms. The van der Waals surface area contributed by atoms with Crippen LogP contribution in [-0.4, -0.2) is 70.9 Å². The van der Waals surface area contributed by atoms with Crippen LogP contribution in [0.4, 0.5) is 5.69 Å². The fourth-order valence-electron chi connectivity index (χ4n) is 3.54. The van der Waals surface area contributed by atoms with Crippen LogP contribution in [0.2, 0.25) is 0 Å². The van der Waals surface area contributed by atoms with E-state index in [-0.39, 0.29) is 18.9 Å². The molecular weight excluding hydrogens is 400 g/mol. The van der Waals surface area contributed by atoms with Gasteiger partial charge < -0.3 is 28.7 Å². The number of para-hydroxylation sites is 1. The van der Waals surface area contributed by atoms with Gasteiger partial charge in [-0.05, 0) is 29.8 Å². The Morgan fingerprint density at radius 1 is 0.871 bits per heavy atom. The zero-order chi connectivity index (χ0) is 22.2. The minimum atomic E-state index is -0.495. The van der Waals surface area contributed by atoms with Gasteiger partial charge in [0.1, 0.15) is 0 Å². The maximum Gasteiger partial charge on any atom is 0.310 e. The largest absolute Gasteiger partial charge is 0.493 e. The molecule has 8 nitrogen and oxygen atoms in total. The van der Waals surface area contributed by atoms with E-state index in [1.165, 1.54) is 21.3 Å². The fraction of sp³-hybridized carbons (Fsp3) is 0.391. The zero-order valence-corrected chi connectivity index (χ0v) is 18.1. The van der Waals surface area contributed by atoms with Gasteiger partial charge >= 0.3 is 5.97 Å². The molecule has 31 heavy (non-hydrogen) atoms. The smallest absolute Gasteiger partial charge is 0.310 e. The number of rotatable bonds is 8. The molecule has 1 aliphatic rings. The van der Waals surface area contributed by atoms with Gasteiger partial charge in [0.25, 0.3) is 5.91 Å². The molecule has 0 N–H and O–H groups in total. The van der Waals surface area contributed by atoms with E-state index in [1.54, 1.807) is 17.0 Å². The molecule has 0 bridgehead atoms. The Balaban J connectivity index is 1.49. The molecule has 2 aromatic carbocycles. The van der Waals surface area contributed by atoms with Crippen molar-refractivity contribution in [1.29, 1.82) is 0 Å². The molecule has 1 heterocycles. The summed E-state index contributed by atoms with van der Waals surface area (Å²) in [7, 11) is 4.53. The number of anilines is 1. The van der Waals surface area contributed by atoms with Gasteiger partial charge in [-0.1, -0.05) is 18.2 Å². The van der Waals surface area contributed by atoms with Crippen molar-refractivity contribution in [2.24, 2.45) is 0 Å². The van der Waals surface area contributed by atoms with Crippen molar-refractivity contribution in [1.82, 2.24) is 4.90 Å². The summed E-state index contributed by atoms with van der Waals surface area (Å²) in [5.41, 5.74) is 1.79. The number of ether oxygens (including phenoxy) is 4. The molecule has 0 radical (unpaired) electrons. The van der Waals surface area contributed by atoms with Gasteiger partial charge in [-0.25, -0.2) is 0 Å². The van der Waals surface area contributed by atoms with E-state index >= 15 is 0 Å². The number of carbonyl (C=O) groups is 2. The molecule has 1 aliphatic heterocycles. The molecule has 3 rings (SSSR count). The van der Waals surface area contributed by atoms with Crippen molar-refractivity contribution in [2.45, 2.75) is 6.42 Å². The van der Waals surface area contributed by atoms with Crippen LogP contribution in [0.3, 0.4) is 0 Å². The van der Waals surface area contributed by atoms with Crippen molar-refractivity contribution < 1.29 is 28.5 Å². The number of hydrogen-bond donors (Lipinski definition) is 0. The number of amides is 1. The van der Waals surface area contributed by atoms with Crippen LogP contribution in [0.25, 0.3) is 0 Å². The summed E-state index contributed by atoms with van der Waals surface area (Å²) < 4.78 is 21.1. The minimum absolute atomic E-state index is 0.00816. The lowest BCUT2D eigenvalue weighted by Crippen LogP contribution is -2.49. The van der Waals surface area contributed by atoms with Crippen molar-refractivity contribution >= 4 is 17.6 Å². The van der Waals surface area contributed by atoms with Crippen molar-refractivity contribution in [2.75, 3.05) is 59.0 Å². The van der Waals surface area contributed by atoms with Crippen LogP contribution in [0.15, 0.2) is 42.5 Å². The van der Waals surface area contributed by atoms with Gasteiger partial charge in [0.15, 0.2) is 18.1 Å². The third-order valence-corrected chi connectivity index (χ3v) is 5.18. The molecule has 1 fully saturated rings. The van der Waals surface area contributed by atoms with E-state index in [1.807, 2.05) is 18.2 Å². The predicted molar refractivity (Wildman–Crippen MR) is 116 cm³/mol. The Labute approximate surface area is 182 Å². The average Bonchev–Trinajstić information content (AvgIpc) is 2.82. The summed E-state index contributed by atoms with van der Waals surface area (Å²) in [6, 6.07) is 13.5. The maximum absolute atomic E-state index is 12.5. The quantitative estimate of drug-likeness (QED) is 0.596. The highest BCUT2D eigenvalue weighted by atomic mass is 16.5. The number of benzene rings is 2. The highest BCUT2D eigenvalue weighted by molar-refractivity contribution is 5.81. The first-order valence-corrected chi connectivity index (χ1v) is 10.1. The summed E-state index contributed by atoms with van der Waals surface area (Å²) in [5.74, 6) is 0.678. The first-order valence-electron chi connectivity index (χ1n) is 10.1. The summed E-state index contributed by atoms with van der Waals surface area (Å²) in [4.78, 5) is 28.7. The summed E-state index contributed by atoms with van der Waals surface area (Å²) in [5, 5.41) is 0. The minimum Gasteiger partial charge on any atom is -0.493 e. The molecule has 0 unspecified atom stereocenters. The van der Waals surface area contributed by atoms with Gasteiger partial charge in [-0.3, -0.25) is 9.59 Å². The third-order valence-electron chi connectivity index (χ3n) is 5.18. The highest BCUT2D eigenvalue weighted by Crippen LogP contribution is 2.38. The van der Waals surface area contributed by atoms with Gasteiger partial charge in [-0.15, -0.1) is 0 Å². The second-order valence-electron chi connectivity index (χ2n) is 7.07. The number of methoxy groups -OCH3 is 3. The number of carbonyl (C=O) groups excluding carboxylic acids is 2. The summed E-state index contributed by atoms with van der Waals surface area (Å²) in [6.45, 7) is 2.41. The molecule has 0 aromatic heterocycles. The number of piperazine rings is 1. The number of nitrogens with zero attached hydrogens (tertiary/aromatic N) is 2. The predicted octanol–water partition coefficient (Wildman–Crippen LogP) is 2.15. The Hall–Kier alpha value is -3.42. The molecule has 2 aromatic rings. The SMILES string of the molecule is COc1cc(CC(=O)OCC(=O)N2CCN(c3ccccc3)CC2)cc(OC)c1OC. The molecule has 0 saturated carbocycles. The van der Waals surface area contributed by atoms with Crippen molar-refractivity contribution in [3.8, 4) is 17.2 Å².